The van der Waals surface area contributed by atoms with E-state index in [0.717, 1.165) is 12.6 Å². The first-order valence-corrected chi connectivity index (χ1v) is 8.01. The third-order valence-corrected chi connectivity index (χ3v) is 5.18. The van der Waals surface area contributed by atoms with Crippen molar-refractivity contribution in [1.29, 1.82) is 0 Å². The Balaban J connectivity index is 1.45. The summed E-state index contributed by atoms with van der Waals surface area (Å²) >= 11 is 1.84. The van der Waals surface area contributed by atoms with E-state index in [0.29, 0.717) is 5.92 Å². The lowest BCUT2D eigenvalue weighted by atomic mass is 10.1. The Bertz CT molecular complexity index is 561. The number of hydrogen-bond acceptors (Lipinski definition) is 3. The molecule has 98 valence electrons. The van der Waals surface area contributed by atoms with Crippen LogP contribution in [0.3, 0.4) is 0 Å². The molecule has 0 atom stereocenters. The van der Waals surface area contributed by atoms with E-state index in [9.17, 15) is 0 Å². The number of thiazole rings is 1. The number of fused-ring (bicyclic) bond motifs is 1. The molecule has 2 aliphatic rings. The lowest BCUT2D eigenvalue weighted by Crippen LogP contribution is -2.15. The van der Waals surface area contributed by atoms with Crippen molar-refractivity contribution in [3.05, 3.63) is 51.5 Å². The van der Waals surface area contributed by atoms with Gasteiger partial charge in [0.1, 0.15) is 0 Å². The zero-order chi connectivity index (χ0) is 12.7. The van der Waals surface area contributed by atoms with Crippen LogP contribution in [0.5, 0.6) is 0 Å². The highest BCUT2D eigenvalue weighted by molar-refractivity contribution is 7.09. The normalized spacial score (nSPS) is 18.7. The fourth-order valence-corrected chi connectivity index (χ4v) is 3.78. The monoisotopic (exact) mass is 270 g/mol. The van der Waals surface area contributed by atoms with Crippen molar-refractivity contribution in [1.82, 2.24) is 10.3 Å². The molecular weight excluding hydrogens is 252 g/mol. The van der Waals surface area contributed by atoms with E-state index < -0.39 is 0 Å². The van der Waals surface area contributed by atoms with E-state index in [1.165, 1.54) is 47.5 Å². The number of nitrogens with zero attached hydrogens (tertiary/aromatic N) is 1. The van der Waals surface area contributed by atoms with Gasteiger partial charge in [-0.3, -0.25) is 0 Å². The lowest BCUT2D eigenvalue weighted by molar-refractivity contribution is 0.667. The van der Waals surface area contributed by atoms with Crippen molar-refractivity contribution in [3.63, 3.8) is 0 Å². The van der Waals surface area contributed by atoms with Gasteiger partial charge in [-0.25, -0.2) is 4.98 Å². The zero-order valence-electron chi connectivity index (χ0n) is 10.9. The molecule has 1 N–H and O–H groups in total. The van der Waals surface area contributed by atoms with Gasteiger partial charge < -0.3 is 5.32 Å². The van der Waals surface area contributed by atoms with Gasteiger partial charge in [-0.2, -0.15) is 0 Å². The average molecular weight is 270 g/mol. The summed E-state index contributed by atoms with van der Waals surface area (Å²) < 4.78 is 0. The molecule has 1 aromatic heterocycles. The van der Waals surface area contributed by atoms with E-state index in [4.69, 9.17) is 4.98 Å². The minimum Gasteiger partial charge on any atom is -0.308 e. The first-order chi connectivity index (χ1) is 9.38. The highest BCUT2D eigenvalue weighted by Gasteiger charge is 2.25. The van der Waals surface area contributed by atoms with E-state index in [1.807, 2.05) is 11.3 Å². The predicted molar refractivity (Wildman–Crippen MR) is 78.6 cm³/mol. The maximum Gasteiger partial charge on any atom is 0.0966 e. The van der Waals surface area contributed by atoms with Gasteiger partial charge in [-0.1, -0.05) is 24.3 Å². The molecule has 0 radical (unpaired) electrons. The third-order valence-electron chi connectivity index (χ3n) is 4.12. The molecule has 1 saturated carbocycles. The maximum atomic E-state index is 4.83. The summed E-state index contributed by atoms with van der Waals surface area (Å²) in [5, 5.41) is 7.09. The molecule has 2 nitrogen and oxygen atoms in total. The molecule has 0 bridgehead atoms. The van der Waals surface area contributed by atoms with E-state index in [-0.39, 0.29) is 0 Å². The first kappa shape index (κ1) is 11.6. The summed E-state index contributed by atoms with van der Waals surface area (Å²) in [6.07, 6.45) is 5.02. The van der Waals surface area contributed by atoms with Gasteiger partial charge in [0.2, 0.25) is 0 Å². The van der Waals surface area contributed by atoms with Crippen molar-refractivity contribution in [3.8, 4) is 0 Å². The molecule has 2 aliphatic carbocycles. The quantitative estimate of drug-likeness (QED) is 0.922. The van der Waals surface area contributed by atoms with Gasteiger partial charge in [-0.15, -0.1) is 11.3 Å². The van der Waals surface area contributed by atoms with Crippen molar-refractivity contribution in [2.45, 2.75) is 44.2 Å². The fourth-order valence-electron chi connectivity index (χ4n) is 2.86. The summed E-state index contributed by atoms with van der Waals surface area (Å²) in [6, 6.07) is 9.58. The smallest absolute Gasteiger partial charge is 0.0966 e. The molecule has 0 saturated heterocycles. The molecule has 1 aromatic carbocycles. The van der Waals surface area contributed by atoms with Crippen LogP contribution in [-0.2, 0) is 19.4 Å². The van der Waals surface area contributed by atoms with Crippen LogP contribution in [0.2, 0.25) is 0 Å². The number of aromatic nitrogens is 1. The minimum absolute atomic E-state index is 0.608. The lowest BCUT2D eigenvalue weighted by Gasteiger charge is -2.03. The Hall–Kier alpha value is -1.19. The molecule has 2 aromatic rings. The summed E-state index contributed by atoms with van der Waals surface area (Å²) in [4.78, 5) is 4.83. The zero-order valence-corrected chi connectivity index (χ0v) is 11.7. The van der Waals surface area contributed by atoms with Crippen molar-refractivity contribution in [2.75, 3.05) is 0 Å². The first-order valence-electron chi connectivity index (χ1n) is 7.13. The Labute approximate surface area is 117 Å². The summed E-state index contributed by atoms with van der Waals surface area (Å²) in [7, 11) is 0. The molecule has 0 unspecified atom stereocenters. The maximum absolute atomic E-state index is 4.83. The fraction of sp³-hybridized carbons (Fsp3) is 0.438. The summed E-state index contributed by atoms with van der Waals surface area (Å²) in [5.74, 6) is 0.608. The molecule has 19 heavy (non-hydrogen) atoms. The highest BCUT2D eigenvalue weighted by atomic mass is 32.1. The number of hydrogen-bond donors (Lipinski definition) is 1. The van der Waals surface area contributed by atoms with Gasteiger partial charge in [-0.05, 0) is 36.8 Å². The van der Waals surface area contributed by atoms with Crippen LogP contribution in [0.15, 0.2) is 29.6 Å². The molecule has 3 heteroatoms. The average Bonchev–Trinajstić information content (AvgIpc) is 2.99. The molecule has 0 amide bonds. The molecular formula is C16H18N2S. The minimum atomic E-state index is 0.608. The van der Waals surface area contributed by atoms with E-state index in [1.54, 1.807) is 0 Å². The highest BCUT2D eigenvalue weighted by Crippen LogP contribution is 2.35. The second kappa shape index (κ2) is 4.73. The van der Waals surface area contributed by atoms with Crippen molar-refractivity contribution >= 4 is 11.3 Å². The largest absolute Gasteiger partial charge is 0.308 e. The molecule has 0 spiro atoms. The van der Waals surface area contributed by atoms with Crippen LogP contribution in [0.1, 0.15) is 40.6 Å². The van der Waals surface area contributed by atoms with Crippen LogP contribution >= 0.6 is 11.3 Å². The van der Waals surface area contributed by atoms with Gasteiger partial charge in [0.05, 0.1) is 10.7 Å². The van der Waals surface area contributed by atoms with Crippen LogP contribution < -0.4 is 5.32 Å². The summed E-state index contributed by atoms with van der Waals surface area (Å²) in [6.45, 7) is 0.945. The van der Waals surface area contributed by atoms with Crippen LogP contribution in [0.4, 0.5) is 0 Å². The van der Waals surface area contributed by atoms with Gasteiger partial charge in [0, 0.05) is 23.9 Å². The Morgan fingerprint density at radius 2 is 1.89 bits per heavy atom. The standard InChI is InChI=1S/C16H18N2S/c1-2-4-12-8-13(7-11(12)3-1)16-18-15(10-19-16)9-17-14-5-6-14/h1-4,10,13-14,17H,5-9H2. The van der Waals surface area contributed by atoms with Gasteiger partial charge in [0.25, 0.3) is 0 Å². The number of rotatable bonds is 4. The van der Waals surface area contributed by atoms with Gasteiger partial charge in [0.15, 0.2) is 0 Å². The number of nitrogens with one attached hydrogen (secondary N) is 1. The molecule has 1 heterocycles. The third kappa shape index (κ3) is 2.45. The SMILES string of the molecule is c1ccc2c(c1)CC(c1nc(CNC3CC3)cs1)C2. The van der Waals surface area contributed by atoms with Crippen molar-refractivity contribution < 1.29 is 0 Å². The van der Waals surface area contributed by atoms with E-state index >= 15 is 0 Å². The topological polar surface area (TPSA) is 24.9 Å². The van der Waals surface area contributed by atoms with Gasteiger partial charge >= 0.3 is 0 Å². The molecule has 1 fully saturated rings. The summed E-state index contributed by atoms with van der Waals surface area (Å²) in [5.41, 5.74) is 4.25. The van der Waals surface area contributed by atoms with Crippen LogP contribution in [0, 0.1) is 0 Å². The van der Waals surface area contributed by atoms with Crippen LogP contribution in [-0.4, -0.2) is 11.0 Å². The number of benzene rings is 1. The van der Waals surface area contributed by atoms with Crippen molar-refractivity contribution in [2.24, 2.45) is 0 Å². The molecule has 0 aliphatic heterocycles. The second-order valence-electron chi connectivity index (χ2n) is 5.71. The Kier molecular flexibility index (Phi) is 2.89. The Morgan fingerprint density at radius 3 is 2.58 bits per heavy atom. The van der Waals surface area contributed by atoms with E-state index in [2.05, 4.69) is 35.0 Å². The Morgan fingerprint density at radius 1 is 1.16 bits per heavy atom. The predicted octanol–water partition coefficient (Wildman–Crippen LogP) is 3.28. The van der Waals surface area contributed by atoms with Crippen LogP contribution in [0.25, 0.3) is 0 Å². The second-order valence-corrected chi connectivity index (χ2v) is 6.60. The molecule has 4 rings (SSSR count).